The molecule has 1 aromatic carbocycles. The fourth-order valence-corrected chi connectivity index (χ4v) is 2.74. The molecule has 0 atom stereocenters. The van der Waals surface area contributed by atoms with Crippen LogP contribution in [0.1, 0.15) is 25.3 Å². The Labute approximate surface area is 112 Å². The minimum atomic E-state index is 0.174. The second-order valence-electron chi connectivity index (χ2n) is 4.10. The average Bonchev–Trinajstić information content (AvgIpc) is 2.41. The predicted molar refractivity (Wildman–Crippen MR) is 72.0 cm³/mol. The molecule has 1 aromatic rings. The van der Waals surface area contributed by atoms with Gasteiger partial charge in [0.1, 0.15) is 23.5 Å². The molecule has 0 aromatic heterocycles. The Morgan fingerprint density at radius 3 is 2.89 bits per heavy atom. The minimum absolute atomic E-state index is 0.174. The summed E-state index contributed by atoms with van der Waals surface area (Å²) >= 11 is 1.68. The van der Waals surface area contributed by atoms with Crippen LogP contribution in [0.4, 0.5) is 0 Å². The van der Waals surface area contributed by atoms with E-state index in [4.69, 9.17) is 9.47 Å². The van der Waals surface area contributed by atoms with Gasteiger partial charge in [-0.25, -0.2) is 0 Å². The van der Waals surface area contributed by atoms with Crippen LogP contribution in [0.5, 0.6) is 5.75 Å². The zero-order chi connectivity index (χ0) is 12.8. The van der Waals surface area contributed by atoms with E-state index in [-0.39, 0.29) is 6.10 Å². The third kappa shape index (κ3) is 3.18. The first-order chi connectivity index (χ1) is 8.85. The van der Waals surface area contributed by atoms with Gasteiger partial charge in [-0.05, 0) is 17.9 Å². The van der Waals surface area contributed by atoms with Crippen molar-refractivity contribution in [1.29, 1.82) is 5.26 Å². The first-order valence-electron chi connectivity index (χ1n) is 6.25. The third-order valence-corrected chi connectivity index (χ3v) is 3.80. The fraction of sp³-hybridized carbons (Fsp3) is 0.500. The van der Waals surface area contributed by atoms with Crippen LogP contribution in [0.25, 0.3) is 0 Å². The molecule has 3 nitrogen and oxygen atoms in total. The zero-order valence-electron chi connectivity index (χ0n) is 10.5. The van der Waals surface area contributed by atoms with Crippen molar-refractivity contribution in [3.63, 3.8) is 0 Å². The standard InChI is InChI=1S/C14H17NO2S/c1-2-18-14-5-3-4-13(12(14)10-15)17-11-6-8-16-9-7-11/h3-5,11H,2,6-9H2,1H3. The molecule has 0 N–H and O–H groups in total. The van der Waals surface area contributed by atoms with Crippen LogP contribution < -0.4 is 4.74 Å². The smallest absolute Gasteiger partial charge is 0.138 e. The molecule has 0 unspecified atom stereocenters. The van der Waals surface area contributed by atoms with E-state index in [9.17, 15) is 5.26 Å². The summed E-state index contributed by atoms with van der Waals surface area (Å²) in [5.74, 6) is 1.66. The molecule has 96 valence electrons. The molecular weight excluding hydrogens is 246 g/mol. The largest absolute Gasteiger partial charge is 0.489 e. The van der Waals surface area contributed by atoms with Gasteiger partial charge in [-0.15, -0.1) is 11.8 Å². The molecule has 1 heterocycles. The molecule has 4 heteroatoms. The van der Waals surface area contributed by atoms with Gasteiger partial charge in [0, 0.05) is 17.7 Å². The van der Waals surface area contributed by atoms with E-state index in [1.807, 2.05) is 18.2 Å². The Morgan fingerprint density at radius 1 is 1.44 bits per heavy atom. The summed E-state index contributed by atoms with van der Waals surface area (Å²) < 4.78 is 11.3. The summed E-state index contributed by atoms with van der Waals surface area (Å²) in [4.78, 5) is 1.00. The predicted octanol–water partition coefficient (Wildman–Crippen LogP) is 3.23. The van der Waals surface area contributed by atoms with E-state index in [1.54, 1.807) is 11.8 Å². The maximum Gasteiger partial charge on any atom is 0.138 e. The lowest BCUT2D eigenvalue weighted by Gasteiger charge is -2.24. The Kier molecular flexibility index (Phi) is 4.91. The Hall–Kier alpha value is -1.18. The maximum absolute atomic E-state index is 9.29. The summed E-state index contributed by atoms with van der Waals surface area (Å²) in [5.41, 5.74) is 0.663. The van der Waals surface area contributed by atoms with Crippen molar-refractivity contribution in [3.8, 4) is 11.8 Å². The maximum atomic E-state index is 9.29. The lowest BCUT2D eigenvalue weighted by atomic mass is 10.1. The summed E-state index contributed by atoms with van der Waals surface area (Å²) in [6, 6.07) is 8.07. The van der Waals surface area contributed by atoms with E-state index >= 15 is 0 Å². The number of rotatable bonds is 4. The number of hydrogen-bond donors (Lipinski definition) is 0. The van der Waals surface area contributed by atoms with Gasteiger partial charge in [0.05, 0.1) is 13.2 Å². The number of ether oxygens (including phenoxy) is 2. The number of benzene rings is 1. The summed E-state index contributed by atoms with van der Waals surface area (Å²) in [7, 11) is 0. The molecule has 0 radical (unpaired) electrons. The molecular formula is C14H17NO2S. The van der Waals surface area contributed by atoms with Gasteiger partial charge in [0.2, 0.25) is 0 Å². The summed E-state index contributed by atoms with van der Waals surface area (Å²) in [6.45, 7) is 3.57. The normalized spacial score (nSPS) is 16.2. The molecule has 0 spiro atoms. The topological polar surface area (TPSA) is 42.2 Å². The van der Waals surface area contributed by atoms with Crippen LogP contribution in [0.15, 0.2) is 23.1 Å². The second kappa shape index (κ2) is 6.67. The number of nitrogens with zero attached hydrogens (tertiary/aromatic N) is 1. The first kappa shape index (κ1) is 13.3. The molecule has 18 heavy (non-hydrogen) atoms. The third-order valence-electron chi connectivity index (χ3n) is 2.86. The van der Waals surface area contributed by atoms with Gasteiger partial charge in [-0.1, -0.05) is 13.0 Å². The number of thioether (sulfide) groups is 1. The van der Waals surface area contributed by atoms with Gasteiger partial charge >= 0.3 is 0 Å². The molecule has 1 aliphatic heterocycles. The monoisotopic (exact) mass is 263 g/mol. The fourth-order valence-electron chi connectivity index (χ4n) is 1.97. The van der Waals surface area contributed by atoms with Crippen molar-refractivity contribution in [2.24, 2.45) is 0 Å². The molecule has 0 amide bonds. The minimum Gasteiger partial charge on any atom is -0.489 e. The highest BCUT2D eigenvalue weighted by molar-refractivity contribution is 7.99. The van der Waals surface area contributed by atoms with E-state index in [1.165, 1.54) is 0 Å². The molecule has 2 rings (SSSR count). The quantitative estimate of drug-likeness (QED) is 0.782. The van der Waals surface area contributed by atoms with Gasteiger partial charge in [0.25, 0.3) is 0 Å². The Balaban J connectivity index is 2.16. The summed E-state index contributed by atoms with van der Waals surface area (Å²) in [5, 5.41) is 9.29. The van der Waals surface area contributed by atoms with Gasteiger partial charge in [0.15, 0.2) is 0 Å². The Morgan fingerprint density at radius 2 is 2.22 bits per heavy atom. The van der Waals surface area contributed by atoms with E-state index < -0.39 is 0 Å². The van der Waals surface area contributed by atoms with Crippen molar-refractivity contribution in [2.75, 3.05) is 19.0 Å². The first-order valence-corrected chi connectivity index (χ1v) is 7.24. The van der Waals surface area contributed by atoms with Crippen LogP contribution >= 0.6 is 11.8 Å². The molecule has 0 aliphatic carbocycles. The molecule has 0 saturated carbocycles. The number of hydrogen-bond acceptors (Lipinski definition) is 4. The average molecular weight is 263 g/mol. The van der Waals surface area contributed by atoms with Gasteiger partial charge < -0.3 is 9.47 Å². The van der Waals surface area contributed by atoms with Crippen molar-refractivity contribution >= 4 is 11.8 Å². The molecule has 1 fully saturated rings. The van der Waals surface area contributed by atoms with Crippen LogP contribution in [0, 0.1) is 11.3 Å². The molecule has 1 saturated heterocycles. The van der Waals surface area contributed by atoms with E-state index in [2.05, 4.69) is 13.0 Å². The van der Waals surface area contributed by atoms with Gasteiger partial charge in [-0.3, -0.25) is 0 Å². The second-order valence-corrected chi connectivity index (χ2v) is 5.41. The van der Waals surface area contributed by atoms with Crippen molar-refractivity contribution in [1.82, 2.24) is 0 Å². The van der Waals surface area contributed by atoms with Crippen molar-refractivity contribution in [2.45, 2.75) is 30.8 Å². The van der Waals surface area contributed by atoms with Crippen LogP contribution in [0.2, 0.25) is 0 Å². The molecule has 1 aliphatic rings. The highest BCUT2D eigenvalue weighted by Gasteiger charge is 2.18. The highest BCUT2D eigenvalue weighted by atomic mass is 32.2. The lowest BCUT2D eigenvalue weighted by molar-refractivity contribution is 0.0253. The SMILES string of the molecule is CCSc1cccc(OC2CCOCC2)c1C#N. The van der Waals surface area contributed by atoms with Crippen LogP contribution in [0.3, 0.4) is 0 Å². The zero-order valence-corrected chi connectivity index (χ0v) is 11.3. The lowest BCUT2D eigenvalue weighted by Crippen LogP contribution is -2.26. The van der Waals surface area contributed by atoms with Crippen molar-refractivity contribution in [3.05, 3.63) is 23.8 Å². The van der Waals surface area contributed by atoms with E-state index in [0.29, 0.717) is 11.3 Å². The van der Waals surface area contributed by atoms with Crippen LogP contribution in [-0.2, 0) is 4.74 Å². The Bertz CT molecular complexity index is 436. The number of nitriles is 1. The summed E-state index contributed by atoms with van der Waals surface area (Å²) in [6.07, 6.45) is 1.97. The van der Waals surface area contributed by atoms with Crippen LogP contribution in [-0.4, -0.2) is 25.1 Å². The van der Waals surface area contributed by atoms with E-state index in [0.717, 1.165) is 36.7 Å². The highest BCUT2D eigenvalue weighted by Crippen LogP contribution is 2.30. The van der Waals surface area contributed by atoms with Crippen molar-refractivity contribution < 1.29 is 9.47 Å². The van der Waals surface area contributed by atoms with Gasteiger partial charge in [-0.2, -0.15) is 5.26 Å². The molecule has 0 bridgehead atoms.